The fourth-order valence-electron chi connectivity index (χ4n) is 1.85. The first-order chi connectivity index (χ1) is 9.83. The van der Waals surface area contributed by atoms with E-state index >= 15 is 0 Å². The first-order valence-electron chi connectivity index (χ1n) is 6.11. The van der Waals surface area contributed by atoms with E-state index in [2.05, 4.69) is 10.0 Å². The molecule has 1 aromatic heterocycles. The minimum absolute atomic E-state index is 0.196. The number of hydrogen-bond donors (Lipinski definition) is 2. The minimum atomic E-state index is -3.66. The largest absolute Gasteiger partial charge is 0.352 e. The third-order valence-electron chi connectivity index (χ3n) is 2.92. The van der Waals surface area contributed by atoms with Crippen LogP contribution in [0.1, 0.15) is 5.69 Å². The zero-order chi connectivity index (χ0) is 15.6. The molecule has 0 atom stereocenters. The van der Waals surface area contributed by atoms with Crippen LogP contribution in [0.2, 0.25) is 10.0 Å². The van der Waals surface area contributed by atoms with Gasteiger partial charge in [0.2, 0.25) is 0 Å². The average molecular weight is 348 g/mol. The van der Waals surface area contributed by atoms with Gasteiger partial charge in [0.15, 0.2) is 0 Å². The van der Waals surface area contributed by atoms with E-state index in [1.54, 1.807) is 43.1 Å². The third-order valence-corrected chi connectivity index (χ3v) is 5.01. The topological polar surface area (TPSA) is 63.1 Å². The summed E-state index contributed by atoms with van der Waals surface area (Å²) in [4.78, 5) is 0.196. The highest BCUT2D eigenvalue weighted by Gasteiger charge is 2.18. The van der Waals surface area contributed by atoms with Gasteiger partial charge in [-0.05, 0) is 31.3 Å². The molecule has 1 heterocycles. The number of nitrogens with one attached hydrogen (secondary N) is 2. The van der Waals surface area contributed by atoms with Crippen LogP contribution in [0, 0.1) is 0 Å². The second-order valence-electron chi connectivity index (χ2n) is 4.54. The Balaban J connectivity index is 2.29. The molecule has 8 heteroatoms. The molecule has 114 valence electrons. The number of anilines is 1. The third kappa shape index (κ3) is 3.71. The highest BCUT2D eigenvalue weighted by molar-refractivity contribution is 7.92. The summed E-state index contributed by atoms with van der Waals surface area (Å²) >= 11 is 11.7. The first-order valence-corrected chi connectivity index (χ1v) is 8.35. The van der Waals surface area contributed by atoms with Gasteiger partial charge in [-0.2, -0.15) is 0 Å². The molecule has 0 radical (unpaired) electrons. The lowest BCUT2D eigenvalue weighted by atomic mass is 10.3. The molecule has 2 rings (SSSR count). The van der Waals surface area contributed by atoms with E-state index in [9.17, 15) is 8.42 Å². The van der Waals surface area contributed by atoms with Crippen LogP contribution in [-0.2, 0) is 23.6 Å². The predicted octanol–water partition coefficient (Wildman–Crippen LogP) is 2.85. The van der Waals surface area contributed by atoms with Crippen LogP contribution in [0.25, 0.3) is 0 Å². The highest BCUT2D eigenvalue weighted by atomic mass is 35.5. The van der Waals surface area contributed by atoms with Crippen molar-refractivity contribution in [1.82, 2.24) is 9.88 Å². The van der Waals surface area contributed by atoms with Gasteiger partial charge >= 0.3 is 0 Å². The lowest BCUT2D eigenvalue weighted by Crippen LogP contribution is -2.12. The summed E-state index contributed by atoms with van der Waals surface area (Å²) in [6, 6.07) is 6.19. The van der Waals surface area contributed by atoms with E-state index in [1.807, 2.05) is 0 Å². The molecule has 0 saturated carbocycles. The van der Waals surface area contributed by atoms with Gasteiger partial charge in [0.25, 0.3) is 10.0 Å². The van der Waals surface area contributed by atoms with Crippen molar-refractivity contribution in [2.75, 3.05) is 11.8 Å². The van der Waals surface area contributed by atoms with Gasteiger partial charge < -0.3 is 9.88 Å². The summed E-state index contributed by atoms with van der Waals surface area (Å²) in [5.41, 5.74) is 1.23. The zero-order valence-electron chi connectivity index (χ0n) is 11.5. The predicted molar refractivity (Wildman–Crippen MR) is 85.4 cm³/mol. The summed E-state index contributed by atoms with van der Waals surface area (Å²) in [5, 5.41) is 3.65. The van der Waals surface area contributed by atoms with Crippen molar-refractivity contribution in [3.05, 3.63) is 46.2 Å². The van der Waals surface area contributed by atoms with Crippen LogP contribution in [0.3, 0.4) is 0 Å². The minimum Gasteiger partial charge on any atom is -0.352 e. The van der Waals surface area contributed by atoms with Gasteiger partial charge in [-0.15, -0.1) is 0 Å². The fraction of sp³-hybridized carbons (Fsp3) is 0.231. The molecule has 0 fully saturated rings. The molecule has 0 aliphatic rings. The molecule has 21 heavy (non-hydrogen) atoms. The van der Waals surface area contributed by atoms with E-state index in [0.29, 0.717) is 22.3 Å². The number of aromatic nitrogens is 1. The molecule has 0 saturated heterocycles. The van der Waals surface area contributed by atoms with Gasteiger partial charge in [-0.25, -0.2) is 8.42 Å². The Morgan fingerprint density at radius 1 is 1.19 bits per heavy atom. The number of nitrogens with zero attached hydrogens (tertiary/aromatic N) is 1. The van der Waals surface area contributed by atoms with E-state index in [0.717, 1.165) is 5.69 Å². The van der Waals surface area contributed by atoms with Crippen LogP contribution in [-0.4, -0.2) is 20.0 Å². The van der Waals surface area contributed by atoms with Crippen molar-refractivity contribution in [3.8, 4) is 0 Å². The number of halogens is 2. The molecule has 0 amide bonds. The SMILES string of the molecule is CNCc1cc(S(=O)(=O)Nc2ccc(Cl)c(Cl)c2)cn1C. The van der Waals surface area contributed by atoms with Gasteiger partial charge in [-0.1, -0.05) is 23.2 Å². The second kappa shape index (κ2) is 6.27. The number of sulfonamides is 1. The Bertz CT molecular complexity index is 757. The monoisotopic (exact) mass is 347 g/mol. The normalized spacial score (nSPS) is 11.6. The van der Waals surface area contributed by atoms with Gasteiger partial charge in [0.1, 0.15) is 4.90 Å². The maximum absolute atomic E-state index is 12.3. The summed E-state index contributed by atoms with van der Waals surface area (Å²) < 4.78 is 28.9. The van der Waals surface area contributed by atoms with Crippen molar-refractivity contribution in [1.29, 1.82) is 0 Å². The van der Waals surface area contributed by atoms with Crippen molar-refractivity contribution in [3.63, 3.8) is 0 Å². The fourth-order valence-corrected chi connectivity index (χ4v) is 3.30. The smallest absolute Gasteiger partial charge is 0.263 e. The molecule has 1 aromatic carbocycles. The van der Waals surface area contributed by atoms with Gasteiger partial charge in [0, 0.05) is 25.5 Å². The molecule has 0 spiro atoms. The van der Waals surface area contributed by atoms with E-state index in [1.165, 1.54) is 6.07 Å². The average Bonchev–Trinajstić information content (AvgIpc) is 2.77. The molecule has 2 aromatic rings. The quantitative estimate of drug-likeness (QED) is 0.873. The maximum atomic E-state index is 12.3. The van der Waals surface area contributed by atoms with Gasteiger partial charge in [-0.3, -0.25) is 4.72 Å². The lowest BCUT2D eigenvalue weighted by Gasteiger charge is -2.07. The van der Waals surface area contributed by atoms with E-state index in [-0.39, 0.29) is 4.90 Å². The Hall–Kier alpha value is -1.21. The molecular weight excluding hydrogens is 333 g/mol. The molecule has 0 aliphatic heterocycles. The van der Waals surface area contributed by atoms with Crippen LogP contribution in [0.15, 0.2) is 35.4 Å². The summed E-state index contributed by atoms with van der Waals surface area (Å²) in [6.45, 7) is 0.582. The van der Waals surface area contributed by atoms with Crippen LogP contribution >= 0.6 is 23.2 Å². The van der Waals surface area contributed by atoms with Crippen LogP contribution < -0.4 is 10.0 Å². The van der Waals surface area contributed by atoms with Crippen molar-refractivity contribution >= 4 is 38.9 Å². The summed E-state index contributed by atoms with van der Waals surface area (Å²) in [6.07, 6.45) is 1.56. The van der Waals surface area contributed by atoms with Crippen LogP contribution in [0.4, 0.5) is 5.69 Å². The lowest BCUT2D eigenvalue weighted by molar-refractivity contribution is 0.601. The van der Waals surface area contributed by atoms with Crippen molar-refractivity contribution < 1.29 is 8.42 Å². The Kier molecular flexibility index (Phi) is 4.83. The summed E-state index contributed by atoms with van der Waals surface area (Å²) in [5.74, 6) is 0. The van der Waals surface area contributed by atoms with E-state index < -0.39 is 10.0 Å². The number of benzene rings is 1. The second-order valence-corrected chi connectivity index (χ2v) is 7.04. The summed E-state index contributed by atoms with van der Waals surface area (Å²) in [7, 11) is -0.0661. The Morgan fingerprint density at radius 3 is 2.52 bits per heavy atom. The van der Waals surface area contributed by atoms with Gasteiger partial charge in [0.05, 0.1) is 15.7 Å². The number of hydrogen-bond acceptors (Lipinski definition) is 3. The molecular formula is C13H15Cl2N3O2S. The maximum Gasteiger partial charge on any atom is 0.263 e. The molecule has 0 bridgehead atoms. The van der Waals surface area contributed by atoms with Crippen molar-refractivity contribution in [2.45, 2.75) is 11.4 Å². The van der Waals surface area contributed by atoms with Crippen LogP contribution in [0.5, 0.6) is 0 Å². The van der Waals surface area contributed by atoms with Crippen molar-refractivity contribution in [2.24, 2.45) is 7.05 Å². The Morgan fingerprint density at radius 2 is 1.90 bits per heavy atom. The number of aryl methyl sites for hydroxylation is 1. The number of rotatable bonds is 5. The first kappa shape index (κ1) is 16.2. The van der Waals surface area contributed by atoms with E-state index in [4.69, 9.17) is 23.2 Å². The molecule has 0 aliphatic carbocycles. The molecule has 2 N–H and O–H groups in total. The zero-order valence-corrected chi connectivity index (χ0v) is 13.9. The molecule has 5 nitrogen and oxygen atoms in total. The Labute approximate surface area is 133 Å². The standard InChI is InChI=1S/C13H15Cl2N3O2S/c1-16-7-10-6-11(8-18(10)2)21(19,20)17-9-3-4-12(14)13(15)5-9/h3-6,8,16-17H,7H2,1-2H3. The highest BCUT2D eigenvalue weighted by Crippen LogP contribution is 2.26. The molecule has 0 unspecified atom stereocenters.